The number of benzene rings is 2. The minimum absolute atomic E-state index is 0.0607. The van der Waals surface area contributed by atoms with Gasteiger partial charge in [-0.15, -0.1) is 0 Å². The van der Waals surface area contributed by atoms with Crippen molar-refractivity contribution in [2.24, 2.45) is 0 Å². The molecule has 1 aliphatic heterocycles. The second-order valence-corrected chi connectivity index (χ2v) is 14.2. The Balaban J connectivity index is 1.21. The number of amides is 2. The van der Waals surface area contributed by atoms with Crippen molar-refractivity contribution in [2.75, 3.05) is 26.2 Å². The van der Waals surface area contributed by atoms with Gasteiger partial charge in [-0.05, 0) is 85.4 Å². The van der Waals surface area contributed by atoms with Crippen LogP contribution in [0.25, 0.3) is 0 Å². The molecule has 2 fully saturated rings. The van der Waals surface area contributed by atoms with Gasteiger partial charge in [0.25, 0.3) is 0 Å². The van der Waals surface area contributed by atoms with Gasteiger partial charge in [0.1, 0.15) is 18.0 Å². The third kappa shape index (κ3) is 7.59. The number of aromatic nitrogens is 3. The van der Waals surface area contributed by atoms with Gasteiger partial charge in [-0.1, -0.05) is 61.0 Å². The zero-order valence-corrected chi connectivity index (χ0v) is 29.7. The summed E-state index contributed by atoms with van der Waals surface area (Å²) < 4.78 is 8.24. The van der Waals surface area contributed by atoms with E-state index in [4.69, 9.17) is 21.3 Å². The van der Waals surface area contributed by atoms with Crippen molar-refractivity contribution in [3.05, 3.63) is 118 Å². The molecule has 0 spiro atoms. The molecule has 1 saturated carbocycles. The molecule has 3 aliphatic rings. The molecule has 4 aromatic rings. The lowest BCUT2D eigenvalue weighted by molar-refractivity contribution is -0.140. The molecule has 1 saturated heterocycles. The van der Waals surface area contributed by atoms with Crippen molar-refractivity contribution in [3.8, 4) is 0 Å². The predicted octanol–water partition coefficient (Wildman–Crippen LogP) is 6.87. The van der Waals surface area contributed by atoms with E-state index in [1.54, 1.807) is 4.90 Å². The lowest BCUT2D eigenvalue weighted by Crippen LogP contribution is -2.62. The van der Waals surface area contributed by atoms with Crippen LogP contribution in [0.1, 0.15) is 78.8 Å². The van der Waals surface area contributed by atoms with Gasteiger partial charge in [-0.2, -0.15) is 0 Å². The molecule has 0 bridgehead atoms. The monoisotopic (exact) mass is 694 g/mol. The van der Waals surface area contributed by atoms with Crippen LogP contribution in [-0.4, -0.2) is 79.6 Å². The first-order chi connectivity index (χ1) is 24.5. The molecule has 0 N–H and O–H groups in total. The molecule has 2 aromatic heterocycles. The Morgan fingerprint density at radius 1 is 0.960 bits per heavy atom. The summed E-state index contributed by atoms with van der Waals surface area (Å²) in [4.78, 5) is 44.4. The van der Waals surface area contributed by atoms with Crippen LogP contribution in [0.15, 0.2) is 79.3 Å². The van der Waals surface area contributed by atoms with E-state index in [0.29, 0.717) is 37.7 Å². The molecule has 3 heterocycles. The van der Waals surface area contributed by atoms with Gasteiger partial charge in [0.15, 0.2) is 0 Å². The minimum Gasteiger partial charge on any atom is -0.446 e. The van der Waals surface area contributed by atoms with Gasteiger partial charge in [0.2, 0.25) is 5.91 Å². The van der Waals surface area contributed by atoms with Crippen LogP contribution < -0.4 is 0 Å². The SMILES string of the molecule is CCc1nccn1CCCN(Cc1ccccc1)C(=O)[C@H]1CN([C@H]2c3ccc(Cl)cc3CCc3cccnc32)CCN1C(=O)OC1CCCC1. The van der Waals surface area contributed by atoms with E-state index in [-0.39, 0.29) is 24.1 Å². The molecule has 2 amide bonds. The average molecular weight is 695 g/mol. The summed E-state index contributed by atoms with van der Waals surface area (Å²) >= 11 is 6.51. The first kappa shape index (κ1) is 34.2. The molecule has 262 valence electrons. The van der Waals surface area contributed by atoms with Gasteiger partial charge in [-0.25, -0.2) is 9.78 Å². The lowest BCUT2D eigenvalue weighted by Gasteiger charge is -2.45. The quantitative estimate of drug-likeness (QED) is 0.180. The molecular weight excluding hydrogens is 648 g/mol. The molecule has 9 nitrogen and oxygen atoms in total. The van der Waals surface area contributed by atoms with Crippen LogP contribution in [0.3, 0.4) is 0 Å². The first-order valence-electron chi connectivity index (χ1n) is 18.2. The van der Waals surface area contributed by atoms with E-state index in [1.165, 1.54) is 11.1 Å². The maximum absolute atomic E-state index is 15.0. The van der Waals surface area contributed by atoms with Crippen LogP contribution in [0.2, 0.25) is 5.02 Å². The fraction of sp³-hybridized carbons (Fsp3) is 0.450. The number of fused-ring (bicyclic) bond motifs is 2. The summed E-state index contributed by atoms with van der Waals surface area (Å²) in [6.07, 6.45) is 12.5. The van der Waals surface area contributed by atoms with Crippen LogP contribution in [0.5, 0.6) is 0 Å². The summed E-state index contributed by atoms with van der Waals surface area (Å²) in [6, 6.07) is 19.5. The molecule has 0 unspecified atom stereocenters. The van der Waals surface area contributed by atoms with Crippen molar-refractivity contribution < 1.29 is 14.3 Å². The summed E-state index contributed by atoms with van der Waals surface area (Å²) in [5.74, 6) is 0.975. The van der Waals surface area contributed by atoms with Crippen LogP contribution >= 0.6 is 11.6 Å². The number of piperazine rings is 1. The predicted molar refractivity (Wildman–Crippen MR) is 194 cm³/mol. The van der Waals surface area contributed by atoms with Crippen molar-refractivity contribution in [1.82, 2.24) is 29.2 Å². The van der Waals surface area contributed by atoms with Gasteiger partial charge in [0.05, 0.1) is 11.7 Å². The second kappa shape index (κ2) is 15.8. The largest absolute Gasteiger partial charge is 0.446 e. The fourth-order valence-electron chi connectivity index (χ4n) is 8.01. The lowest BCUT2D eigenvalue weighted by atomic mass is 9.95. The molecule has 50 heavy (non-hydrogen) atoms. The molecular formula is C40H47ClN6O3. The number of aryl methyl sites for hydroxylation is 4. The first-order valence-corrected chi connectivity index (χ1v) is 18.6. The van der Waals surface area contributed by atoms with E-state index in [9.17, 15) is 9.59 Å². The van der Waals surface area contributed by atoms with E-state index in [1.807, 2.05) is 53.8 Å². The number of carbonyl (C=O) groups excluding carboxylic acids is 2. The van der Waals surface area contributed by atoms with Gasteiger partial charge < -0.3 is 14.2 Å². The highest BCUT2D eigenvalue weighted by molar-refractivity contribution is 6.30. The maximum atomic E-state index is 15.0. The zero-order valence-electron chi connectivity index (χ0n) is 28.9. The Kier molecular flexibility index (Phi) is 10.8. The van der Waals surface area contributed by atoms with E-state index < -0.39 is 6.04 Å². The summed E-state index contributed by atoms with van der Waals surface area (Å²) in [7, 11) is 0. The number of halogens is 1. The molecule has 0 radical (unpaired) electrons. The third-order valence-corrected chi connectivity index (χ3v) is 10.8. The Morgan fingerprint density at radius 3 is 2.60 bits per heavy atom. The van der Waals surface area contributed by atoms with Crippen LogP contribution in [-0.2, 0) is 41.9 Å². The number of hydrogen-bond donors (Lipinski definition) is 0. The number of carbonyl (C=O) groups is 2. The molecule has 2 aliphatic carbocycles. The van der Waals surface area contributed by atoms with E-state index >= 15 is 0 Å². The molecule has 10 heteroatoms. The molecule has 2 atom stereocenters. The summed E-state index contributed by atoms with van der Waals surface area (Å²) in [5.41, 5.74) is 5.62. The standard InChI is InChI=1S/C40H47ClN6O3/c1-2-36-42-20-23-44(36)21-9-22-46(27-29-10-4-3-5-11-29)39(48)35-28-45(24-25-47(35)40(49)50-33-13-6-7-14-33)38-34-18-17-32(41)26-31(34)16-15-30-12-8-19-43-37(30)38/h3-5,8,10-12,17-20,23,26,33,35,38H,2,6-7,9,13-16,21-22,24-25,27-28H2,1H3/t35-,38+/m1/s1. The van der Waals surface area contributed by atoms with Crippen molar-refractivity contribution in [3.63, 3.8) is 0 Å². The zero-order chi connectivity index (χ0) is 34.5. The van der Waals surface area contributed by atoms with Crippen molar-refractivity contribution in [2.45, 2.75) is 89.6 Å². The highest BCUT2D eigenvalue weighted by atomic mass is 35.5. The second-order valence-electron chi connectivity index (χ2n) is 13.8. The van der Waals surface area contributed by atoms with E-state index in [0.717, 1.165) is 80.6 Å². The highest BCUT2D eigenvalue weighted by Crippen LogP contribution is 2.38. The van der Waals surface area contributed by atoms with Gasteiger partial charge >= 0.3 is 6.09 Å². The maximum Gasteiger partial charge on any atom is 0.410 e. The normalized spacial score (nSPS) is 19.4. The summed E-state index contributed by atoms with van der Waals surface area (Å²) in [6.45, 7) is 5.22. The number of imidazole rings is 1. The average Bonchev–Trinajstić information content (AvgIpc) is 3.80. The van der Waals surface area contributed by atoms with Crippen molar-refractivity contribution >= 4 is 23.6 Å². The summed E-state index contributed by atoms with van der Waals surface area (Å²) in [5, 5.41) is 0.715. The Morgan fingerprint density at radius 2 is 1.78 bits per heavy atom. The number of rotatable bonds is 10. The third-order valence-electron chi connectivity index (χ3n) is 10.6. The Hall–Kier alpha value is -4.21. The van der Waals surface area contributed by atoms with E-state index in [2.05, 4.69) is 51.7 Å². The smallest absolute Gasteiger partial charge is 0.410 e. The number of hydrogen-bond acceptors (Lipinski definition) is 6. The Bertz CT molecular complexity index is 1770. The van der Waals surface area contributed by atoms with Crippen LogP contribution in [0.4, 0.5) is 4.79 Å². The Labute approximate surface area is 300 Å². The highest BCUT2D eigenvalue weighted by Gasteiger charge is 2.43. The van der Waals surface area contributed by atoms with Crippen molar-refractivity contribution in [1.29, 1.82) is 0 Å². The minimum atomic E-state index is -0.716. The molecule has 2 aromatic carbocycles. The number of nitrogens with zero attached hydrogens (tertiary/aromatic N) is 6. The van der Waals surface area contributed by atoms with Crippen LogP contribution in [0, 0.1) is 0 Å². The number of pyridine rings is 1. The van der Waals surface area contributed by atoms with Gasteiger partial charge in [0, 0.05) is 69.3 Å². The molecule has 7 rings (SSSR count). The number of ether oxygens (including phenoxy) is 1. The fourth-order valence-corrected chi connectivity index (χ4v) is 8.20. The van der Waals surface area contributed by atoms with Gasteiger partial charge in [-0.3, -0.25) is 19.6 Å². The topological polar surface area (TPSA) is 83.8 Å².